The maximum absolute atomic E-state index is 9.77. The van der Waals surface area contributed by atoms with E-state index in [2.05, 4.69) is 0 Å². The van der Waals surface area contributed by atoms with Crippen molar-refractivity contribution in [3.8, 4) is 0 Å². The van der Waals surface area contributed by atoms with Crippen LogP contribution in [0.3, 0.4) is 0 Å². The number of fused-ring (bicyclic) bond motifs is 1. The smallest absolute Gasteiger partial charge is 0.176 e. The third-order valence-electron chi connectivity index (χ3n) is 3.14. The molecule has 2 rings (SSSR count). The average Bonchev–Trinajstić information content (AvgIpc) is 2.12. The van der Waals surface area contributed by atoms with E-state index >= 15 is 0 Å². The summed E-state index contributed by atoms with van der Waals surface area (Å²) in [5.74, 6) is -1.33. The van der Waals surface area contributed by atoms with Crippen molar-refractivity contribution >= 4 is 0 Å². The SMILES string of the molecule is CC(C)[C@@H]1OC2(O)C[C@@H](O)[C@H](O)C12. The van der Waals surface area contributed by atoms with Gasteiger partial charge < -0.3 is 20.1 Å². The molecule has 1 heterocycles. The van der Waals surface area contributed by atoms with Crippen LogP contribution in [0, 0.1) is 11.8 Å². The summed E-state index contributed by atoms with van der Waals surface area (Å²) in [6.07, 6.45) is -1.69. The monoisotopic (exact) mass is 188 g/mol. The Morgan fingerprint density at radius 2 is 2.00 bits per heavy atom. The van der Waals surface area contributed by atoms with Crippen LogP contribution < -0.4 is 0 Å². The van der Waals surface area contributed by atoms with Gasteiger partial charge in [-0.2, -0.15) is 0 Å². The van der Waals surface area contributed by atoms with Crippen molar-refractivity contribution in [3.63, 3.8) is 0 Å². The van der Waals surface area contributed by atoms with E-state index in [1.54, 1.807) is 0 Å². The lowest BCUT2D eigenvalue weighted by molar-refractivity contribution is -0.371. The van der Waals surface area contributed by atoms with E-state index in [9.17, 15) is 15.3 Å². The molecule has 2 unspecified atom stereocenters. The van der Waals surface area contributed by atoms with Gasteiger partial charge in [-0.15, -0.1) is 0 Å². The van der Waals surface area contributed by atoms with Crippen molar-refractivity contribution in [1.29, 1.82) is 0 Å². The molecule has 1 saturated heterocycles. The maximum Gasteiger partial charge on any atom is 0.176 e. The number of aliphatic hydroxyl groups is 3. The van der Waals surface area contributed by atoms with Gasteiger partial charge in [-0.3, -0.25) is 0 Å². The van der Waals surface area contributed by atoms with Gasteiger partial charge in [-0.05, 0) is 5.92 Å². The zero-order valence-corrected chi connectivity index (χ0v) is 7.84. The molecule has 0 radical (unpaired) electrons. The number of rotatable bonds is 1. The Bertz CT molecular complexity index is 218. The molecule has 3 N–H and O–H groups in total. The molecule has 1 aliphatic heterocycles. The molecule has 5 atom stereocenters. The van der Waals surface area contributed by atoms with Crippen molar-refractivity contribution < 1.29 is 20.1 Å². The summed E-state index contributed by atoms with van der Waals surface area (Å²) >= 11 is 0. The topological polar surface area (TPSA) is 69.9 Å². The fourth-order valence-electron chi connectivity index (χ4n) is 2.43. The van der Waals surface area contributed by atoms with Crippen LogP contribution in [0.2, 0.25) is 0 Å². The summed E-state index contributed by atoms with van der Waals surface area (Å²) < 4.78 is 5.29. The normalized spacial score (nSPS) is 54.9. The highest BCUT2D eigenvalue weighted by atomic mass is 16.7. The minimum atomic E-state index is -1.27. The number of hydrogen-bond acceptors (Lipinski definition) is 4. The predicted molar refractivity (Wildman–Crippen MR) is 44.8 cm³/mol. The third kappa shape index (κ3) is 1.13. The molecule has 0 bridgehead atoms. The molecular formula is C9H16O4. The second-order valence-electron chi connectivity index (χ2n) is 4.46. The zero-order chi connectivity index (χ0) is 9.80. The van der Waals surface area contributed by atoms with Crippen molar-refractivity contribution in [2.45, 2.75) is 44.4 Å². The van der Waals surface area contributed by atoms with Crippen LogP contribution >= 0.6 is 0 Å². The number of hydrogen-bond donors (Lipinski definition) is 3. The van der Waals surface area contributed by atoms with Crippen LogP contribution in [0.25, 0.3) is 0 Å². The Morgan fingerprint density at radius 1 is 1.38 bits per heavy atom. The maximum atomic E-state index is 9.77. The average molecular weight is 188 g/mol. The van der Waals surface area contributed by atoms with E-state index in [1.807, 2.05) is 13.8 Å². The minimum absolute atomic E-state index is 0.127. The molecule has 13 heavy (non-hydrogen) atoms. The Hall–Kier alpha value is -0.160. The fourth-order valence-corrected chi connectivity index (χ4v) is 2.43. The summed E-state index contributed by atoms with van der Waals surface area (Å²) in [5, 5.41) is 28.7. The molecule has 1 saturated carbocycles. The van der Waals surface area contributed by atoms with E-state index in [0.717, 1.165) is 0 Å². The zero-order valence-electron chi connectivity index (χ0n) is 7.84. The molecule has 4 nitrogen and oxygen atoms in total. The van der Waals surface area contributed by atoms with Crippen LogP contribution in [0.5, 0.6) is 0 Å². The van der Waals surface area contributed by atoms with Gasteiger partial charge >= 0.3 is 0 Å². The van der Waals surface area contributed by atoms with Gasteiger partial charge in [0.25, 0.3) is 0 Å². The molecule has 0 spiro atoms. The highest BCUT2D eigenvalue weighted by Gasteiger charge is 2.65. The Labute approximate surface area is 77.1 Å². The number of ether oxygens (including phenoxy) is 1. The first-order chi connectivity index (χ1) is 5.96. The van der Waals surface area contributed by atoms with E-state index in [-0.39, 0.29) is 24.4 Å². The van der Waals surface area contributed by atoms with Crippen LogP contribution in [-0.4, -0.2) is 39.4 Å². The second-order valence-corrected chi connectivity index (χ2v) is 4.46. The first-order valence-electron chi connectivity index (χ1n) is 4.72. The lowest BCUT2D eigenvalue weighted by Gasteiger charge is -2.50. The van der Waals surface area contributed by atoms with Gasteiger partial charge in [0.1, 0.15) is 0 Å². The minimum Gasteiger partial charge on any atom is -0.390 e. The van der Waals surface area contributed by atoms with E-state index < -0.39 is 18.0 Å². The van der Waals surface area contributed by atoms with Crippen molar-refractivity contribution in [2.75, 3.05) is 0 Å². The highest BCUT2D eigenvalue weighted by Crippen LogP contribution is 2.51. The Balaban J connectivity index is 2.14. The Kier molecular flexibility index (Phi) is 1.93. The summed E-state index contributed by atoms with van der Waals surface area (Å²) in [5.41, 5.74) is 0. The molecule has 2 aliphatic rings. The standard InChI is InChI=1S/C9H16O4/c1-4(2)8-6-7(11)5(10)3-9(6,12)13-8/h4-8,10-12H,3H2,1-2H3/t5-,6?,7+,8+,9?/m1/s1. The predicted octanol–water partition coefficient (Wildman–Crippen LogP) is -0.528. The molecule has 0 aromatic carbocycles. The van der Waals surface area contributed by atoms with Crippen molar-refractivity contribution in [1.82, 2.24) is 0 Å². The van der Waals surface area contributed by atoms with Gasteiger partial charge in [-0.1, -0.05) is 13.8 Å². The Morgan fingerprint density at radius 3 is 2.46 bits per heavy atom. The molecule has 76 valence electrons. The molecule has 0 amide bonds. The van der Waals surface area contributed by atoms with E-state index in [0.29, 0.717) is 0 Å². The quantitative estimate of drug-likeness (QED) is 0.517. The van der Waals surface area contributed by atoms with E-state index in [1.165, 1.54) is 0 Å². The molecule has 4 heteroatoms. The van der Waals surface area contributed by atoms with Crippen molar-refractivity contribution in [2.24, 2.45) is 11.8 Å². The molecule has 1 aliphatic carbocycles. The van der Waals surface area contributed by atoms with E-state index in [4.69, 9.17) is 4.74 Å². The lowest BCUT2D eigenvalue weighted by atomic mass is 9.81. The van der Waals surface area contributed by atoms with Gasteiger partial charge in [-0.25, -0.2) is 0 Å². The van der Waals surface area contributed by atoms with Gasteiger partial charge in [0.2, 0.25) is 0 Å². The molecule has 0 aromatic rings. The summed E-state index contributed by atoms with van der Waals surface area (Å²) in [6, 6.07) is 0. The van der Waals surface area contributed by atoms with Gasteiger partial charge in [0.05, 0.1) is 24.2 Å². The van der Waals surface area contributed by atoms with Crippen LogP contribution in [0.15, 0.2) is 0 Å². The lowest BCUT2D eigenvalue weighted by Crippen LogP contribution is -2.61. The first-order valence-corrected chi connectivity index (χ1v) is 4.72. The summed E-state index contributed by atoms with van der Waals surface area (Å²) in [4.78, 5) is 0. The summed E-state index contributed by atoms with van der Waals surface area (Å²) in [7, 11) is 0. The van der Waals surface area contributed by atoms with Crippen LogP contribution in [-0.2, 0) is 4.74 Å². The second kappa shape index (κ2) is 2.67. The van der Waals surface area contributed by atoms with Gasteiger partial charge in [0.15, 0.2) is 5.79 Å². The summed E-state index contributed by atoms with van der Waals surface area (Å²) in [6.45, 7) is 3.95. The highest BCUT2D eigenvalue weighted by molar-refractivity contribution is 5.07. The van der Waals surface area contributed by atoms with Crippen LogP contribution in [0.1, 0.15) is 20.3 Å². The fraction of sp³-hybridized carbons (Fsp3) is 1.00. The number of aliphatic hydroxyl groups excluding tert-OH is 2. The molecule has 0 aromatic heterocycles. The largest absolute Gasteiger partial charge is 0.390 e. The third-order valence-corrected chi connectivity index (χ3v) is 3.14. The van der Waals surface area contributed by atoms with Crippen LogP contribution in [0.4, 0.5) is 0 Å². The molecule has 2 fully saturated rings. The first kappa shape index (κ1) is 9.40. The van der Waals surface area contributed by atoms with Gasteiger partial charge in [0, 0.05) is 6.42 Å². The van der Waals surface area contributed by atoms with Crippen molar-refractivity contribution in [3.05, 3.63) is 0 Å². The molecular weight excluding hydrogens is 172 g/mol.